The molecular weight excluding hydrogens is 444 g/mol. The Morgan fingerprint density at radius 3 is 2.42 bits per heavy atom. The first kappa shape index (κ1) is 22.0. The minimum Gasteiger partial charge on any atom is -0.485 e. The van der Waals surface area contributed by atoms with Crippen LogP contribution in [0.1, 0.15) is 21.9 Å². The Morgan fingerprint density at radius 1 is 0.970 bits per heavy atom. The second kappa shape index (κ2) is 9.53. The average Bonchev–Trinajstić information content (AvgIpc) is 3.29. The van der Waals surface area contributed by atoms with Crippen LogP contribution in [-0.4, -0.2) is 24.3 Å². The van der Waals surface area contributed by atoms with Gasteiger partial charge in [0.05, 0.1) is 4.90 Å². The van der Waals surface area contributed by atoms with Crippen molar-refractivity contribution in [3.8, 4) is 5.75 Å². The Kier molecular flexibility index (Phi) is 6.36. The smallest absolute Gasteiger partial charge is 0.291 e. The van der Waals surface area contributed by atoms with E-state index in [0.29, 0.717) is 11.4 Å². The van der Waals surface area contributed by atoms with Gasteiger partial charge in [-0.15, -0.1) is 0 Å². The molecule has 0 fully saturated rings. The summed E-state index contributed by atoms with van der Waals surface area (Å²) in [6.07, 6.45) is 2.86. The lowest BCUT2D eigenvalue weighted by atomic mass is 10.2. The van der Waals surface area contributed by atoms with E-state index in [4.69, 9.17) is 9.15 Å². The lowest BCUT2D eigenvalue weighted by molar-refractivity contribution is 0.0992. The Labute approximate surface area is 190 Å². The first-order valence-corrected chi connectivity index (χ1v) is 11.4. The predicted octanol–water partition coefficient (Wildman–Crippen LogP) is 4.01. The standard InChI is InChI=1S/C23H20N4O5S/c1-16-5-2-3-6-20(16)31-15-18-9-12-21(32-18)22(28)26-17-7-10-19(11-8-17)33(29,30)27-23-24-13-4-14-25-23/h2-14H,15H2,1H3,(H,26,28)(H,24,25,27). The molecule has 0 aliphatic rings. The molecule has 0 unspecified atom stereocenters. The van der Waals surface area contributed by atoms with Crippen LogP contribution >= 0.6 is 0 Å². The summed E-state index contributed by atoms with van der Waals surface area (Å²) in [6, 6.07) is 18.1. The predicted molar refractivity (Wildman–Crippen MR) is 121 cm³/mol. The molecular formula is C23H20N4O5S. The zero-order valence-electron chi connectivity index (χ0n) is 17.6. The number of carbonyl (C=O) groups is 1. The summed E-state index contributed by atoms with van der Waals surface area (Å²) in [6.45, 7) is 2.13. The molecule has 0 aliphatic carbocycles. The fraction of sp³-hybridized carbons (Fsp3) is 0.0870. The maximum absolute atomic E-state index is 12.5. The zero-order valence-corrected chi connectivity index (χ0v) is 18.4. The first-order valence-electron chi connectivity index (χ1n) is 9.89. The third-order valence-electron chi connectivity index (χ3n) is 4.56. The lowest BCUT2D eigenvalue weighted by Gasteiger charge is -2.08. The second-order valence-corrected chi connectivity index (χ2v) is 8.66. The lowest BCUT2D eigenvalue weighted by Crippen LogP contribution is -2.15. The van der Waals surface area contributed by atoms with Crippen molar-refractivity contribution in [2.24, 2.45) is 0 Å². The van der Waals surface area contributed by atoms with Crippen molar-refractivity contribution in [3.63, 3.8) is 0 Å². The van der Waals surface area contributed by atoms with Gasteiger partial charge in [0.1, 0.15) is 18.1 Å². The van der Waals surface area contributed by atoms with Crippen LogP contribution in [0.3, 0.4) is 0 Å². The van der Waals surface area contributed by atoms with Crippen molar-refractivity contribution < 1.29 is 22.4 Å². The monoisotopic (exact) mass is 464 g/mol. The molecule has 0 saturated carbocycles. The van der Waals surface area contributed by atoms with Crippen LogP contribution in [-0.2, 0) is 16.6 Å². The van der Waals surface area contributed by atoms with Crippen LogP contribution in [0.15, 0.2) is 88.4 Å². The van der Waals surface area contributed by atoms with Gasteiger partial charge >= 0.3 is 0 Å². The largest absolute Gasteiger partial charge is 0.485 e. The molecule has 2 N–H and O–H groups in total. The molecule has 4 aromatic rings. The second-order valence-electron chi connectivity index (χ2n) is 6.98. The number of hydrogen-bond donors (Lipinski definition) is 2. The molecule has 2 aromatic carbocycles. The van der Waals surface area contributed by atoms with Gasteiger partial charge in [-0.05, 0) is 61.0 Å². The maximum atomic E-state index is 12.5. The molecule has 0 radical (unpaired) electrons. The van der Waals surface area contributed by atoms with E-state index in [0.717, 1.165) is 11.3 Å². The number of para-hydroxylation sites is 1. The Morgan fingerprint density at radius 2 is 1.70 bits per heavy atom. The van der Waals surface area contributed by atoms with Gasteiger partial charge in [0.25, 0.3) is 15.9 Å². The number of anilines is 2. The molecule has 0 saturated heterocycles. The van der Waals surface area contributed by atoms with Gasteiger partial charge in [-0.3, -0.25) is 4.79 Å². The van der Waals surface area contributed by atoms with E-state index < -0.39 is 15.9 Å². The summed E-state index contributed by atoms with van der Waals surface area (Å²) in [5, 5.41) is 2.67. The highest BCUT2D eigenvalue weighted by Gasteiger charge is 2.16. The van der Waals surface area contributed by atoms with Crippen molar-refractivity contribution in [2.75, 3.05) is 10.0 Å². The van der Waals surface area contributed by atoms with Gasteiger partial charge in [0.2, 0.25) is 5.95 Å². The number of benzene rings is 2. The molecule has 2 aromatic heterocycles. The minimum absolute atomic E-state index is 0.00147. The quantitative estimate of drug-likeness (QED) is 0.404. The average molecular weight is 465 g/mol. The third kappa shape index (κ3) is 5.55. The van der Waals surface area contributed by atoms with E-state index in [2.05, 4.69) is 20.0 Å². The van der Waals surface area contributed by atoms with Crippen LogP contribution in [0.5, 0.6) is 5.75 Å². The summed E-state index contributed by atoms with van der Waals surface area (Å²) < 4.78 is 38.5. The molecule has 0 aliphatic heterocycles. The Bertz CT molecular complexity index is 1350. The number of carbonyl (C=O) groups excluding carboxylic acids is 1. The SMILES string of the molecule is Cc1ccccc1OCc1ccc(C(=O)Nc2ccc(S(=O)(=O)Nc3ncccn3)cc2)o1. The van der Waals surface area contributed by atoms with Gasteiger partial charge in [-0.25, -0.2) is 23.1 Å². The van der Waals surface area contributed by atoms with Gasteiger partial charge < -0.3 is 14.5 Å². The minimum atomic E-state index is -3.86. The van der Waals surface area contributed by atoms with Crippen molar-refractivity contribution >= 4 is 27.6 Å². The van der Waals surface area contributed by atoms with Crippen molar-refractivity contribution in [1.82, 2.24) is 9.97 Å². The molecule has 4 rings (SSSR count). The molecule has 0 atom stereocenters. The van der Waals surface area contributed by atoms with E-state index in [-0.39, 0.29) is 23.2 Å². The summed E-state index contributed by atoms with van der Waals surface area (Å²) >= 11 is 0. The van der Waals surface area contributed by atoms with Crippen molar-refractivity contribution in [2.45, 2.75) is 18.4 Å². The fourth-order valence-corrected chi connectivity index (χ4v) is 3.84. The number of ether oxygens (including phenoxy) is 1. The topological polar surface area (TPSA) is 123 Å². The van der Waals surface area contributed by atoms with Crippen LogP contribution in [0.2, 0.25) is 0 Å². The van der Waals surface area contributed by atoms with E-state index in [1.54, 1.807) is 18.2 Å². The summed E-state index contributed by atoms with van der Waals surface area (Å²) in [5.74, 6) is 0.846. The van der Waals surface area contributed by atoms with Gasteiger partial charge in [0.15, 0.2) is 5.76 Å². The molecule has 2 heterocycles. The number of nitrogens with zero attached hydrogens (tertiary/aromatic N) is 2. The molecule has 9 nitrogen and oxygen atoms in total. The zero-order chi connectivity index (χ0) is 23.3. The van der Waals surface area contributed by atoms with E-state index in [1.807, 2.05) is 31.2 Å². The number of hydrogen-bond acceptors (Lipinski definition) is 7. The van der Waals surface area contributed by atoms with E-state index >= 15 is 0 Å². The molecule has 0 bridgehead atoms. The summed E-state index contributed by atoms with van der Waals surface area (Å²) in [5.41, 5.74) is 1.41. The van der Waals surface area contributed by atoms with Crippen LogP contribution in [0, 0.1) is 6.92 Å². The highest BCUT2D eigenvalue weighted by atomic mass is 32.2. The molecule has 10 heteroatoms. The number of aryl methyl sites for hydroxylation is 1. The van der Waals surface area contributed by atoms with Gasteiger partial charge in [-0.2, -0.15) is 0 Å². The van der Waals surface area contributed by atoms with E-state index in [9.17, 15) is 13.2 Å². The summed E-state index contributed by atoms with van der Waals surface area (Å²) in [4.78, 5) is 20.2. The van der Waals surface area contributed by atoms with Gasteiger partial charge in [-0.1, -0.05) is 18.2 Å². The third-order valence-corrected chi connectivity index (χ3v) is 5.91. The maximum Gasteiger partial charge on any atom is 0.291 e. The number of amides is 1. The first-order chi connectivity index (χ1) is 15.9. The van der Waals surface area contributed by atoms with E-state index in [1.165, 1.54) is 36.7 Å². The van der Waals surface area contributed by atoms with Crippen LogP contribution in [0.4, 0.5) is 11.6 Å². The fourth-order valence-electron chi connectivity index (χ4n) is 2.89. The number of rotatable bonds is 8. The van der Waals surface area contributed by atoms with Crippen LogP contribution in [0.25, 0.3) is 0 Å². The molecule has 168 valence electrons. The number of aromatic nitrogens is 2. The highest BCUT2D eigenvalue weighted by Crippen LogP contribution is 2.20. The molecule has 33 heavy (non-hydrogen) atoms. The Balaban J connectivity index is 1.36. The number of sulfonamides is 1. The molecule has 0 spiro atoms. The number of nitrogens with one attached hydrogen (secondary N) is 2. The normalized spacial score (nSPS) is 11.1. The molecule has 1 amide bonds. The van der Waals surface area contributed by atoms with Crippen LogP contribution < -0.4 is 14.8 Å². The highest BCUT2D eigenvalue weighted by molar-refractivity contribution is 7.92. The van der Waals surface area contributed by atoms with Gasteiger partial charge in [0, 0.05) is 18.1 Å². The van der Waals surface area contributed by atoms with Crippen molar-refractivity contribution in [1.29, 1.82) is 0 Å². The Hall–Kier alpha value is -4.18. The van der Waals surface area contributed by atoms with Crippen molar-refractivity contribution in [3.05, 3.63) is 96.2 Å². The number of furan rings is 1. The summed E-state index contributed by atoms with van der Waals surface area (Å²) in [7, 11) is -3.86.